The van der Waals surface area contributed by atoms with Gasteiger partial charge in [-0.05, 0) is 56.7 Å². The summed E-state index contributed by atoms with van der Waals surface area (Å²) in [6, 6.07) is 6.85. The second-order valence-electron chi connectivity index (χ2n) is 8.26. The van der Waals surface area contributed by atoms with E-state index >= 15 is 0 Å². The molecule has 0 atom stereocenters. The van der Waals surface area contributed by atoms with Crippen LogP contribution in [-0.4, -0.2) is 51.0 Å². The highest BCUT2D eigenvalue weighted by molar-refractivity contribution is 6.27. The number of nitrogens with one attached hydrogen (secondary N) is 1. The number of rotatable bonds is 9. The van der Waals surface area contributed by atoms with Gasteiger partial charge < -0.3 is 34.6 Å². The quantitative estimate of drug-likeness (QED) is 0.362. The van der Waals surface area contributed by atoms with Crippen molar-refractivity contribution < 1.29 is 23.7 Å². The molecule has 1 aromatic heterocycles. The first-order valence-corrected chi connectivity index (χ1v) is 11.3. The molecule has 2 aliphatic rings. The number of nitrogens with two attached hydrogens (primary N) is 1. The largest absolute Gasteiger partial charge is 0.493 e. The van der Waals surface area contributed by atoms with E-state index in [1.807, 2.05) is 0 Å². The van der Waals surface area contributed by atoms with Gasteiger partial charge in [0.15, 0.2) is 28.8 Å². The molecule has 0 saturated carbocycles. The number of hydrogen-bond donors (Lipinski definition) is 2. The van der Waals surface area contributed by atoms with Crippen LogP contribution in [0.3, 0.4) is 0 Å². The van der Waals surface area contributed by atoms with Gasteiger partial charge in [-0.25, -0.2) is 0 Å². The number of benzene rings is 2. The zero-order valence-electron chi connectivity index (χ0n) is 19.2. The van der Waals surface area contributed by atoms with Crippen LogP contribution in [0.15, 0.2) is 29.1 Å². The number of aromatic nitrogens is 1. The van der Waals surface area contributed by atoms with Crippen molar-refractivity contribution in [2.45, 2.75) is 19.4 Å². The lowest BCUT2D eigenvalue weighted by Gasteiger charge is -2.17. The van der Waals surface area contributed by atoms with Crippen LogP contribution in [0.5, 0.6) is 23.0 Å². The van der Waals surface area contributed by atoms with Gasteiger partial charge in [-0.1, -0.05) is 0 Å². The first-order valence-electron chi connectivity index (χ1n) is 11.3. The maximum Gasteiger partial charge on any atom is 0.259 e. The minimum atomic E-state index is -0.185. The van der Waals surface area contributed by atoms with Gasteiger partial charge in [-0.2, -0.15) is 0 Å². The summed E-state index contributed by atoms with van der Waals surface area (Å²) in [5.41, 5.74) is 7.62. The third-order valence-corrected chi connectivity index (χ3v) is 6.31. The molecule has 34 heavy (non-hydrogen) atoms. The van der Waals surface area contributed by atoms with Crippen molar-refractivity contribution in [2.24, 2.45) is 5.73 Å². The van der Waals surface area contributed by atoms with Crippen LogP contribution >= 0.6 is 0 Å². The Morgan fingerprint density at radius 3 is 2.26 bits per heavy atom. The molecular formula is C25H27N3O6. The highest BCUT2D eigenvalue weighted by atomic mass is 16.7. The van der Waals surface area contributed by atoms with Gasteiger partial charge in [0.25, 0.3) is 5.56 Å². The van der Waals surface area contributed by atoms with Gasteiger partial charge in [0.2, 0.25) is 6.79 Å². The molecule has 3 N–H and O–H groups in total. The molecule has 2 aromatic carbocycles. The van der Waals surface area contributed by atoms with Gasteiger partial charge in [-0.3, -0.25) is 9.59 Å². The third-order valence-electron chi connectivity index (χ3n) is 6.31. The standard InChI is InChI=1S/C25H27N3O6/c1-31-18-9-14-17(12-19(18)32-2)25(30)28(8-4-7-27-6-3-5-26)23-15-10-20-21(34-13-33-20)11-16(15)24(29)22(14)23/h9-12,27H,3-8,13,26H2,1-2H3. The Kier molecular flexibility index (Phi) is 5.89. The second kappa shape index (κ2) is 9.00. The Morgan fingerprint density at radius 1 is 0.941 bits per heavy atom. The van der Waals surface area contributed by atoms with E-state index in [4.69, 9.17) is 24.7 Å². The van der Waals surface area contributed by atoms with Crippen molar-refractivity contribution in [2.75, 3.05) is 40.6 Å². The number of fused-ring (bicyclic) bond motifs is 6. The van der Waals surface area contributed by atoms with Gasteiger partial charge in [0.05, 0.1) is 30.9 Å². The van der Waals surface area contributed by atoms with E-state index in [1.54, 1.807) is 28.8 Å². The molecule has 0 saturated heterocycles. The van der Waals surface area contributed by atoms with E-state index in [1.165, 1.54) is 14.2 Å². The fraction of sp³-hybridized carbons (Fsp3) is 0.360. The summed E-state index contributed by atoms with van der Waals surface area (Å²) in [7, 11) is 3.05. The van der Waals surface area contributed by atoms with Crippen LogP contribution in [0.25, 0.3) is 22.0 Å². The number of nitrogens with zero attached hydrogens (tertiary/aromatic N) is 1. The smallest absolute Gasteiger partial charge is 0.259 e. The summed E-state index contributed by atoms with van der Waals surface area (Å²) in [6.45, 7) is 2.73. The van der Waals surface area contributed by atoms with Gasteiger partial charge >= 0.3 is 0 Å². The van der Waals surface area contributed by atoms with E-state index in [0.717, 1.165) is 19.5 Å². The van der Waals surface area contributed by atoms with Crippen molar-refractivity contribution in [1.29, 1.82) is 0 Å². The molecule has 178 valence electrons. The zero-order chi connectivity index (χ0) is 23.8. The first kappa shape index (κ1) is 22.2. The van der Waals surface area contributed by atoms with Gasteiger partial charge in [-0.15, -0.1) is 0 Å². The normalized spacial score (nSPS) is 13.3. The Hall–Kier alpha value is -3.56. The van der Waals surface area contributed by atoms with Crippen molar-refractivity contribution in [1.82, 2.24) is 9.88 Å². The SMILES string of the molecule is COc1cc2c3c(n(CCCNCCCN)c(=O)c2cc1OC)-c1cc2c(cc1C3=O)OCO2. The lowest BCUT2D eigenvalue weighted by atomic mass is 10.0. The van der Waals surface area contributed by atoms with Crippen molar-refractivity contribution in [3.8, 4) is 34.3 Å². The number of ketones is 1. The molecule has 1 aliphatic carbocycles. The maximum absolute atomic E-state index is 13.7. The fourth-order valence-electron chi connectivity index (χ4n) is 4.67. The average molecular weight is 466 g/mol. The van der Waals surface area contributed by atoms with Crippen LogP contribution in [0.4, 0.5) is 0 Å². The van der Waals surface area contributed by atoms with Crippen LogP contribution in [-0.2, 0) is 6.54 Å². The molecular weight excluding hydrogens is 438 g/mol. The number of carbonyl (C=O) groups excluding carboxylic acids is 1. The van der Waals surface area contributed by atoms with E-state index in [2.05, 4.69) is 5.32 Å². The number of methoxy groups -OCH3 is 2. The molecule has 0 unspecified atom stereocenters. The summed E-state index contributed by atoms with van der Waals surface area (Å²) in [5, 5.41) is 4.29. The second-order valence-corrected chi connectivity index (χ2v) is 8.26. The fourth-order valence-corrected chi connectivity index (χ4v) is 4.67. The summed E-state index contributed by atoms with van der Waals surface area (Å²) < 4.78 is 23.6. The molecule has 1 aliphatic heterocycles. The third kappa shape index (κ3) is 3.48. The maximum atomic E-state index is 13.7. The van der Waals surface area contributed by atoms with Crippen molar-refractivity contribution >= 4 is 16.6 Å². The first-order chi connectivity index (χ1) is 16.6. The molecule has 9 heteroatoms. The summed E-state index contributed by atoms with van der Waals surface area (Å²) in [5.74, 6) is 1.83. The molecule has 2 heterocycles. The van der Waals surface area contributed by atoms with Crippen LogP contribution in [0.1, 0.15) is 28.8 Å². The summed E-state index contributed by atoms with van der Waals surface area (Å²) in [4.78, 5) is 27.4. The van der Waals surface area contributed by atoms with Gasteiger partial charge in [0.1, 0.15) is 0 Å². The minimum absolute atomic E-state index is 0.106. The molecule has 0 amide bonds. The topological polar surface area (TPSA) is 114 Å². The highest BCUT2D eigenvalue weighted by Crippen LogP contribution is 2.46. The molecule has 0 spiro atoms. The predicted molar refractivity (Wildman–Crippen MR) is 127 cm³/mol. The molecule has 5 rings (SSSR count). The number of ether oxygens (including phenoxy) is 4. The van der Waals surface area contributed by atoms with Gasteiger partial charge in [0, 0.05) is 23.1 Å². The minimum Gasteiger partial charge on any atom is -0.493 e. The summed E-state index contributed by atoms with van der Waals surface area (Å²) in [6.07, 6.45) is 1.60. The Balaban J connectivity index is 1.69. The lowest BCUT2D eigenvalue weighted by Crippen LogP contribution is -2.26. The monoisotopic (exact) mass is 465 g/mol. The van der Waals surface area contributed by atoms with E-state index < -0.39 is 0 Å². The molecule has 0 bridgehead atoms. The molecule has 0 fully saturated rings. The van der Waals surface area contributed by atoms with Crippen LogP contribution in [0.2, 0.25) is 0 Å². The zero-order valence-corrected chi connectivity index (χ0v) is 19.2. The molecule has 3 aromatic rings. The van der Waals surface area contributed by atoms with E-state index in [-0.39, 0.29) is 18.1 Å². The Labute approximate surface area is 196 Å². The van der Waals surface area contributed by atoms with E-state index in [9.17, 15) is 9.59 Å². The Bertz CT molecular complexity index is 1350. The molecule has 0 radical (unpaired) electrons. The van der Waals surface area contributed by atoms with E-state index in [0.29, 0.717) is 75.7 Å². The van der Waals surface area contributed by atoms with Crippen molar-refractivity contribution in [3.63, 3.8) is 0 Å². The van der Waals surface area contributed by atoms with Crippen LogP contribution in [0, 0.1) is 0 Å². The van der Waals surface area contributed by atoms with Crippen molar-refractivity contribution in [3.05, 3.63) is 45.7 Å². The highest BCUT2D eigenvalue weighted by Gasteiger charge is 2.35. The average Bonchev–Trinajstić information content (AvgIpc) is 3.43. The number of carbonyl (C=O) groups is 1. The van der Waals surface area contributed by atoms with Crippen LogP contribution < -0.4 is 35.6 Å². The number of hydrogen-bond acceptors (Lipinski definition) is 8. The lowest BCUT2D eigenvalue weighted by molar-refractivity contribution is 0.104. The molecule has 9 nitrogen and oxygen atoms in total. The summed E-state index contributed by atoms with van der Waals surface area (Å²) >= 11 is 0. The number of pyridine rings is 1. The predicted octanol–water partition coefficient (Wildman–Crippen LogP) is 2.29. The Morgan fingerprint density at radius 2 is 1.59 bits per heavy atom.